The summed E-state index contributed by atoms with van der Waals surface area (Å²) in [6, 6.07) is 5.91. The molecule has 1 aliphatic heterocycles. The largest absolute Gasteiger partial charge is 0.454 e. The Morgan fingerprint density at radius 1 is 1.17 bits per heavy atom. The van der Waals surface area contributed by atoms with Gasteiger partial charge in [0.2, 0.25) is 0 Å². The molecule has 1 heterocycles. The van der Waals surface area contributed by atoms with E-state index in [0.717, 1.165) is 12.5 Å². The molecule has 1 fully saturated rings. The van der Waals surface area contributed by atoms with E-state index in [9.17, 15) is 23.4 Å². The van der Waals surface area contributed by atoms with Gasteiger partial charge in [0.1, 0.15) is 12.2 Å². The lowest BCUT2D eigenvalue weighted by molar-refractivity contribution is -0.277. The van der Waals surface area contributed by atoms with Crippen LogP contribution in [0.5, 0.6) is 0 Å². The molecular weight excluding hydrogens is 340 g/mol. The predicted molar refractivity (Wildman–Crippen MR) is 81.4 cm³/mol. The van der Waals surface area contributed by atoms with Gasteiger partial charge >= 0.3 is 5.97 Å². The first-order valence-electron chi connectivity index (χ1n) is 7.30. The number of carbonyl (C=O) groups is 1. The van der Waals surface area contributed by atoms with Crippen LogP contribution in [0, 0.1) is 6.92 Å². The molecule has 1 saturated heterocycles. The number of aliphatic hydroxyl groups is 2. The number of aliphatic hydroxyl groups excluding tert-OH is 2. The molecule has 1 aromatic carbocycles. The second kappa shape index (κ2) is 7.16. The SMILES string of the molecule is CC(=O)O[C@@H]1[C@@H](OS(=O)(=O)c2ccc(C)cc2)[C@@H](O)[C@@H](C)O[C@H]1O. The Morgan fingerprint density at radius 3 is 2.29 bits per heavy atom. The number of hydrogen-bond donors (Lipinski definition) is 2. The lowest BCUT2D eigenvalue weighted by Crippen LogP contribution is -2.59. The molecular formula is C15H20O8S. The Hall–Kier alpha value is -1.52. The van der Waals surface area contributed by atoms with E-state index < -0.39 is 46.8 Å². The summed E-state index contributed by atoms with van der Waals surface area (Å²) in [4.78, 5) is 11.1. The van der Waals surface area contributed by atoms with Crippen LogP contribution >= 0.6 is 0 Å². The average Bonchev–Trinajstić information content (AvgIpc) is 2.48. The van der Waals surface area contributed by atoms with Crippen LogP contribution in [0.2, 0.25) is 0 Å². The second-order valence-electron chi connectivity index (χ2n) is 5.62. The number of rotatable bonds is 4. The highest BCUT2D eigenvalue weighted by Crippen LogP contribution is 2.28. The first-order valence-corrected chi connectivity index (χ1v) is 8.71. The monoisotopic (exact) mass is 360 g/mol. The van der Waals surface area contributed by atoms with E-state index in [1.165, 1.54) is 19.1 Å². The molecule has 1 aliphatic rings. The van der Waals surface area contributed by atoms with Gasteiger partial charge in [-0.2, -0.15) is 8.42 Å². The lowest BCUT2D eigenvalue weighted by atomic mass is 10.00. The van der Waals surface area contributed by atoms with E-state index in [2.05, 4.69) is 0 Å². The van der Waals surface area contributed by atoms with Gasteiger partial charge in [-0.05, 0) is 26.0 Å². The smallest absolute Gasteiger partial charge is 0.303 e. The number of ether oxygens (including phenoxy) is 2. The first-order chi connectivity index (χ1) is 11.1. The molecule has 0 aliphatic carbocycles. The Balaban J connectivity index is 2.30. The van der Waals surface area contributed by atoms with Gasteiger partial charge in [0.05, 0.1) is 11.0 Å². The average molecular weight is 360 g/mol. The molecule has 0 radical (unpaired) electrons. The third kappa shape index (κ3) is 4.11. The fraction of sp³-hybridized carbons (Fsp3) is 0.533. The van der Waals surface area contributed by atoms with Crippen molar-refractivity contribution in [2.75, 3.05) is 0 Å². The van der Waals surface area contributed by atoms with Gasteiger partial charge in [-0.3, -0.25) is 8.98 Å². The number of aryl methyl sites for hydroxylation is 1. The highest BCUT2D eigenvalue weighted by atomic mass is 32.2. The van der Waals surface area contributed by atoms with Crippen molar-refractivity contribution in [1.82, 2.24) is 0 Å². The fourth-order valence-electron chi connectivity index (χ4n) is 2.34. The van der Waals surface area contributed by atoms with E-state index in [0.29, 0.717) is 0 Å². The molecule has 0 unspecified atom stereocenters. The van der Waals surface area contributed by atoms with Gasteiger partial charge in [-0.25, -0.2) is 0 Å². The molecule has 0 amide bonds. The number of hydrogen-bond acceptors (Lipinski definition) is 8. The lowest BCUT2D eigenvalue weighted by Gasteiger charge is -2.40. The standard InChI is InChI=1S/C15H20O8S/c1-8-4-6-11(7-5-8)24(19,20)23-13-12(17)9(2)21-15(18)14(13)22-10(3)16/h4-7,9,12-15,17-18H,1-3H3/t9-,12+,13+,14-,15-/m1/s1. The third-order valence-corrected chi connectivity index (χ3v) is 4.95. The Labute approximate surface area is 140 Å². The summed E-state index contributed by atoms with van der Waals surface area (Å²) in [6.45, 7) is 4.32. The van der Waals surface area contributed by atoms with Crippen LogP contribution in [0.3, 0.4) is 0 Å². The summed E-state index contributed by atoms with van der Waals surface area (Å²) in [5.74, 6) is -0.772. The van der Waals surface area contributed by atoms with Crippen LogP contribution in [-0.2, 0) is 28.6 Å². The van der Waals surface area contributed by atoms with E-state index >= 15 is 0 Å². The maximum atomic E-state index is 12.4. The number of carbonyl (C=O) groups excluding carboxylic acids is 1. The molecule has 8 nitrogen and oxygen atoms in total. The highest BCUT2D eigenvalue weighted by Gasteiger charge is 2.48. The Kier molecular flexibility index (Phi) is 5.61. The second-order valence-corrected chi connectivity index (χ2v) is 7.20. The van der Waals surface area contributed by atoms with Crippen molar-refractivity contribution in [2.24, 2.45) is 0 Å². The van der Waals surface area contributed by atoms with Crippen molar-refractivity contribution in [3.05, 3.63) is 29.8 Å². The molecule has 0 saturated carbocycles. The first kappa shape index (κ1) is 18.8. The topological polar surface area (TPSA) is 119 Å². The molecule has 0 bridgehead atoms. The zero-order valence-electron chi connectivity index (χ0n) is 13.4. The normalized spacial score (nSPS) is 30.8. The van der Waals surface area contributed by atoms with Crippen LogP contribution in [0.1, 0.15) is 19.4 Å². The van der Waals surface area contributed by atoms with Crippen molar-refractivity contribution in [3.8, 4) is 0 Å². The minimum Gasteiger partial charge on any atom is -0.454 e. The summed E-state index contributed by atoms with van der Waals surface area (Å²) in [7, 11) is -4.24. The maximum absolute atomic E-state index is 12.4. The summed E-state index contributed by atoms with van der Waals surface area (Å²) in [5, 5.41) is 20.1. The van der Waals surface area contributed by atoms with Gasteiger partial charge in [0.25, 0.3) is 10.1 Å². The molecule has 5 atom stereocenters. The molecule has 2 rings (SSSR count). The van der Waals surface area contributed by atoms with Crippen LogP contribution in [0.25, 0.3) is 0 Å². The van der Waals surface area contributed by atoms with Crippen LogP contribution < -0.4 is 0 Å². The van der Waals surface area contributed by atoms with Gasteiger partial charge < -0.3 is 19.7 Å². The Morgan fingerprint density at radius 2 is 1.75 bits per heavy atom. The summed E-state index contributed by atoms with van der Waals surface area (Å²) in [5.41, 5.74) is 0.863. The van der Waals surface area contributed by atoms with Gasteiger partial charge in [-0.15, -0.1) is 0 Å². The van der Waals surface area contributed by atoms with Crippen LogP contribution in [0.4, 0.5) is 0 Å². The Bertz CT molecular complexity index is 684. The van der Waals surface area contributed by atoms with Gasteiger partial charge in [0.15, 0.2) is 12.4 Å². The molecule has 9 heteroatoms. The van der Waals surface area contributed by atoms with Crippen LogP contribution in [-0.4, -0.2) is 55.3 Å². The summed E-state index contributed by atoms with van der Waals surface area (Å²) < 4.78 is 39.8. The number of esters is 1. The van der Waals surface area contributed by atoms with E-state index in [1.54, 1.807) is 19.1 Å². The predicted octanol–water partition coefficient (Wildman–Crippen LogP) is 0.0986. The van der Waals surface area contributed by atoms with Crippen molar-refractivity contribution in [3.63, 3.8) is 0 Å². The third-order valence-electron chi connectivity index (χ3n) is 3.63. The number of benzene rings is 1. The fourth-order valence-corrected chi connectivity index (χ4v) is 3.43. The molecule has 0 aromatic heterocycles. The highest BCUT2D eigenvalue weighted by molar-refractivity contribution is 7.86. The zero-order chi connectivity index (χ0) is 18.1. The van der Waals surface area contributed by atoms with Crippen molar-refractivity contribution in [2.45, 2.75) is 56.4 Å². The van der Waals surface area contributed by atoms with Gasteiger partial charge in [-0.1, -0.05) is 17.7 Å². The van der Waals surface area contributed by atoms with E-state index in [1.807, 2.05) is 0 Å². The quantitative estimate of drug-likeness (QED) is 0.573. The van der Waals surface area contributed by atoms with Crippen LogP contribution in [0.15, 0.2) is 29.2 Å². The molecule has 0 spiro atoms. The zero-order valence-corrected chi connectivity index (χ0v) is 14.3. The molecule has 134 valence electrons. The molecule has 2 N–H and O–H groups in total. The van der Waals surface area contributed by atoms with E-state index in [-0.39, 0.29) is 4.90 Å². The van der Waals surface area contributed by atoms with Gasteiger partial charge in [0, 0.05) is 6.92 Å². The molecule has 24 heavy (non-hydrogen) atoms. The maximum Gasteiger partial charge on any atom is 0.303 e. The molecule has 1 aromatic rings. The van der Waals surface area contributed by atoms with Crippen molar-refractivity contribution in [1.29, 1.82) is 0 Å². The summed E-state index contributed by atoms with van der Waals surface area (Å²) in [6.07, 6.45) is -6.93. The summed E-state index contributed by atoms with van der Waals surface area (Å²) >= 11 is 0. The minimum absolute atomic E-state index is 0.115. The van der Waals surface area contributed by atoms with Crippen molar-refractivity contribution < 1.29 is 37.1 Å². The van der Waals surface area contributed by atoms with Crippen molar-refractivity contribution >= 4 is 16.1 Å². The van der Waals surface area contributed by atoms with E-state index in [4.69, 9.17) is 13.7 Å². The minimum atomic E-state index is -4.24.